The Morgan fingerprint density at radius 3 is 2.23 bits per heavy atom. The number of likely N-dealkylation sites (tertiary alicyclic amines) is 1. The van der Waals surface area contributed by atoms with Crippen molar-refractivity contribution in [3.63, 3.8) is 0 Å². The van der Waals surface area contributed by atoms with Crippen molar-refractivity contribution in [3.8, 4) is 17.2 Å². The summed E-state index contributed by atoms with van der Waals surface area (Å²) in [6.07, 6.45) is 5.16. The number of hydrogen-bond acceptors (Lipinski definition) is 5. The topological polar surface area (TPSA) is 77.1 Å². The molecule has 0 bridgehead atoms. The SMILES string of the molecule is COc1cc(/C=C/C(=O)Nc2cccc(C(=O)N3CCCC3)c2C)cc(OC)c1OC. The van der Waals surface area contributed by atoms with E-state index in [2.05, 4.69) is 5.32 Å². The quantitative estimate of drug-likeness (QED) is 0.682. The molecule has 1 N–H and O–H groups in total. The van der Waals surface area contributed by atoms with Gasteiger partial charge in [0.15, 0.2) is 11.5 Å². The number of rotatable bonds is 7. The molecule has 2 aromatic carbocycles. The van der Waals surface area contributed by atoms with Crippen LogP contribution in [-0.2, 0) is 4.79 Å². The van der Waals surface area contributed by atoms with Gasteiger partial charge in [0, 0.05) is 30.4 Å². The highest BCUT2D eigenvalue weighted by Gasteiger charge is 2.22. The molecule has 0 spiro atoms. The van der Waals surface area contributed by atoms with Gasteiger partial charge in [0.1, 0.15) is 0 Å². The van der Waals surface area contributed by atoms with Crippen molar-refractivity contribution in [1.29, 1.82) is 0 Å². The van der Waals surface area contributed by atoms with Crippen LogP contribution in [0.1, 0.15) is 34.3 Å². The first-order valence-electron chi connectivity index (χ1n) is 10.2. The highest BCUT2D eigenvalue weighted by molar-refractivity contribution is 6.04. The van der Waals surface area contributed by atoms with E-state index in [-0.39, 0.29) is 11.8 Å². The van der Waals surface area contributed by atoms with E-state index in [1.165, 1.54) is 27.4 Å². The summed E-state index contributed by atoms with van der Waals surface area (Å²) in [4.78, 5) is 27.1. The van der Waals surface area contributed by atoms with Crippen LogP contribution < -0.4 is 19.5 Å². The number of anilines is 1. The molecule has 1 heterocycles. The number of carbonyl (C=O) groups excluding carboxylic acids is 2. The Kier molecular flexibility index (Phi) is 7.18. The van der Waals surface area contributed by atoms with Crippen molar-refractivity contribution in [3.05, 3.63) is 53.1 Å². The second kappa shape index (κ2) is 10.0. The normalized spacial score (nSPS) is 13.4. The van der Waals surface area contributed by atoms with E-state index < -0.39 is 0 Å². The predicted molar refractivity (Wildman–Crippen MR) is 120 cm³/mol. The number of amides is 2. The summed E-state index contributed by atoms with van der Waals surface area (Å²) in [5.41, 5.74) is 2.71. The first-order chi connectivity index (χ1) is 15.0. The first kappa shape index (κ1) is 22.2. The van der Waals surface area contributed by atoms with Crippen LogP contribution in [0.2, 0.25) is 0 Å². The van der Waals surface area contributed by atoms with Crippen molar-refractivity contribution in [2.75, 3.05) is 39.7 Å². The lowest BCUT2D eigenvalue weighted by atomic mass is 10.1. The van der Waals surface area contributed by atoms with Gasteiger partial charge < -0.3 is 24.4 Å². The van der Waals surface area contributed by atoms with Crippen LogP contribution in [0.15, 0.2) is 36.4 Å². The molecule has 0 aromatic heterocycles. The largest absolute Gasteiger partial charge is 0.493 e. The Bertz CT molecular complexity index is 968. The van der Waals surface area contributed by atoms with Gasteiger partial charge in [0.25, 0.3) is 5.91 Å². The van der Waals surface area contributed by atoms with E-state index in [4.69, 9.17) is 14.2 Å². The molecule has 7 nitrogen and oxygen atoms in total. The zero-order chi connectivity index (χ0) is 22.4. The van der Waals surface area contributed by atoms with Gasteiger partial charge >= 0.3 is 0 Å². The monoisotopic (exact) mass is 424 g/mol. The van der Waals surface area contributed by atoms with E-state index in [1.807, 2.05) is 11.8 Å². The Morgan fingerprint density at radius 1 is 1.00 bits per heavy atom. The molecule has 31 heavy (non-hydrogen) atoms. The minimum absolute atomic E-state index is 0.0130. The number of benzene rings is 2. The molecule has 1 aliphatic heterocycles. The van der Waals surface area contributed by atoms with Crippen LogP contribution in [0.5, 0.6) is 17.2 Å². The lowest BCUT2D eigenvalue weighted by Gasteiger charge is -2.18. The third-order valence-corrected chi connectivity index (χ3v) is 5.33. The van der Waals surface area contributed by atoms with Gasteiger partial charge in [-0.2, -0.15) is 0 Å². The Morgan fingerprint density at radius 2 is 1.65 bits per heavy atom. The number of carbonyl (C=O) groups is 2. The fraction of sp³-hybridized carbons (Fsp3) is 0.333. The minimum atomic E-state index is -0.303. The zero-order valence-corrected chi connectivity index (χ0v) is 18.4. The Balaban J connectivity index is 1.76. The smallest absolute Gasteiger partial charge is 0.254 e. The summed E-state index contributed by atoms with van der Waals surface area (Å²) in [6.45, 7) is 3.42. The fourth-order valence-electron chi connectivity index (χ4n) is 3.64. The molecule has 0 radical (unpaired) electrons. The number of hydrogen-bond donors (Lipinski definition) is 1. The van der Waals surface area contributed by atoms with Crippen LogP contribution in [0.3, 0.4) is 0 Å². The summed E-state index contributed by atoms with van der Waals surface area (Å²) in [7, 11) is 4.61. The summed E-state index contributed by atoms with van der Waals surface area (Å²) in [6, 6.07) is 8.89. The van der Waals surface area contributed by atoms with Crippen molar-refractivity contribution in [2.24, 2.45) is 0 Å². The van der Waals surface area contributed by atoms with E-state index in [0.717, 1.165) is 37.1 Å². The molecule has 3 rings (SSSR count). The van der Waals surface area contributed by atoms with Crippen LogP contribution in [0.25, 0.3) is 6.08 Å². The molecule has 1 fully saturated rings. The number of ether oxygens (including phenoxy) is 3. The molecular weight excluding hydrogens is 396 g/mol. The van der Waals surface area contributed by atoms with Crippen molar-refractivity contribution < 1.29 is 23.8 Å². The van der Waals surface area contributed by atoms with E-state index in [9.17, 15) is 9.59 Å². The number of nitrogens with zero attached hydrogens (tertiary/aromatic N) is 1. The third-order valence-electron chi connectivity index (χ3n) is 5.33. The average Bonchev–Trinajstić information content (AvgIpc) is 3.32. The van der Waals surface area contributed by atoms with Gasteiger partial charge in [-0.15, -0.1) is 0 Å². The molecular formula is C24H28N2O5. The highest BCUT2D eigenvalue weighted by Crippen LogP contribution is 2.38. The molecule has 0 saturated carbocycles. The molecule has 7 heteroatoms. The van der Waals surface area contributed by atoms with Gasteiger partial charge in [-0.3, -0.25) is 9.59 Å². The number of methoxy groups -OCH3 is 3. The van der Waals surface area contributed by atoms with Crippen LogP contribution >= 0.6 is 0 Å². The lowest BCUT2D eigenvalue weighted by Crippen LogP contribution is -2.28. The van der Waals surface area contributed by atoms with Crippen molar-refractivity contribution >= 4 is 23.6 Å². The zero-order valence-electron chi connectivity index (χ0n) is 18.4. The second-order valence-electron chi connectivity index (χ2n) is 7.26. The maximum atomic E-state index is 12.8. The van der Waals surface area contributed by atoms with Gasteiger partial charge in [0.05, 0.1) is 21.3 Å². The third kappa shape index (κ3) is 4.99. The van der Waals surface area contributed by atoms with Gasteiger partial charge in [-0.1, -0.05) is 6.07 Å². The fourth-order valence-corrected chi connectivity index (χ4v) is 3.64. The van der Waals surface area contributed by atoms with Gasteiger partial charge in [-0.05, 0) is 61.2 Å². The molecule has 2 aromatic rings. The van der Waals surface area contributed by atoms with E-state index >= 15 is 0 Å². The number of nitrogens with one attached hydrogen (secondary N) is 1. The van der Waals surface area contributed by atoms with Crippen LogP contribution in [0, 0.1) is 6.92 Å². The average molecular weight is 424 g/mol. The molecule has 0 aliphatic carbocycles. The maximum Gasteiger partial charge on any atom is 0.254 e. The molecule has 1 saturated heterocycles. The maximum absolute atomic E-state index is 12.8. The lowest BCUT2D eigenvalue weighted by molar-refractivity contribution is -0.111. The first-order valence-corrected chi connectivity index (χ1v) is 10.2. The molecule has 2 amide bonds. The van der Waals surface area contributed by atoms with E-state index in [1.54, 1.807) is 36.4 Å². The van der Waals surface area contributed by atoms with Gasteiger partial charge in [-0.25, -0.2) is 0 Å². The molecule has 0 unspecified atom stereocenters. The molecule has 164 valence electrons. The summed E-state index contributed by atoms with van der Waals surface area (Å²) in [5, 5.41) is 2.86. The second-order valence-corrected chi connectivity index (χ2v) is 7.26. The Labute approximate surface area is 182 Å². The standard InChI is InChI=1S/C24H28N2O5/c1-16-18(24(28)26-12-5-6-13-26)8-7-9-19(16)25-22(27)11-10-17-14-20(29-2)23(31-4)21(15-17)30-3/h7-11,14-15H,5-6,12-13H2,1-4H3,(H,25,27)/b11-10+. The van der Waals surface area contributed by atoms with Crippen molar-refractivity contribution in [2.45, 2.75) is 19.8 Å². The summed E-state index contributed by atoms with van der Waals surface area (Å²) in [5.74, 6) is 1.21. The highest BCUT2D eigenvalue weighted by atomic mass is 16.5. The summed E-state index contributed by atoms with van der Waals surface area (Å²) < 4.78 is 16.0. The minimum Gasteiger partial charge on any atom is -0.493 e. The van der Waals surface area contributed by atoms with E-state index in [0.29, 0.717) is 28.5 Å². The molecule has 1 aliphatic rings. The van der Waals surface area contributed by atoms with Crippen LogP contribution in [0.4, 0.5) is 5.69 Å². The van der Waals surface area contributed by atoms with Crippen LogP contribution in [-0.4, -0.2) is 51.1 Å². The predicted octanol–water partition coefficient (Wildman–Crippen LogP) is 3.91. The summed E-state index contributed by atoms with van der Waals surface area (Å²) >= 11 is 0. The molecule has 0 atom stereocenters. The van der Waals surface area contributed by atoms with Gasteiger partial charge in [0.2, 0.25) is 11.7 Å². The van der Waals surface area contributed by atoms with Crippen molar-refractivity contribution in [1.82, 2.24) is 4.90 Å². The Hall–Kier alpha value is -3.48.